The number of methoxy groups -OCH3 is 2. The summed E-state index contributed by atoms with van der Waals surface area (Å²) in [6, 6.07) is 10.7. The van der Waals surface area contributed by atoms with Crippen molar-refractivity contribution >= 4 is 40.0 Å². The number of carbonyl (C=O) groups excluding carboxylic acids is 2. The summed E-state index contributed by atoms with van der Waals surface area (Å²) < 4.78 is 16.9. The van der Waals surface area contributed by atoms with Gasteiger partial charge in [-0.1, -0.05) is 25.4 Å². The van der Waals surface area contributed by atoms with Gasteiger partial charge in [0.2, 0.25) is 11.8 Å². The Morgan fingerprint density at radius 1 is 0.972 bits per heavy atom. The van der Waals surface area contributed by atoms with Gasteiger partial charge in [0.15, 0.2) is 11.5 Å². The van der Waals surface area contributed by atoms with E-state index in [4.69, 9.17) is 25.8 Å². The van der Waals surface area contributed by atoms with Crippen LogP contribution >= 0.6 is 11.6 Å². The first-order valence-corrected chi connectivity index (χ1v) is 12.2. The van der Waals surface area contributed by atoms with Crippen molar-refractivity contribution in [2.24, 2.45) is 17.3 Å². The largest absolute Gasteiger partial charge is 0.493 e. The number of hydrogen-bond acceptors (Lipinski definition) is 6. The van der Waals surface area contributed by atoms with Crippen LogP contribution in [0, 0.1) is 17.3 Å². The second-order valence-electron chi connectivity index (χ2n) is 9.83. The molecule has 2 aliphatic rings. The minimum atomic E-state index is -0.404. The molecule has 3 aromatic rings. The van der Waals surface area contributed by atoms with Crippen LogP contribution in [-0.4, -0.2) is 37.1 Å². The van der Waals surface area contributed by atoms with Gasteiger partial charge in [-0.3, -0.25) is 14.6 Å². The lowest BCUT2D eigenvalue weighted by molar-refractivity contribution is -0.125. The lowest BCUT2D eigenvalue weighted by Crippen LogP contribution is -2.29. The van der Waals surface area contributed by atoms with Crippen LogP contribution in [0.15, 0.2) is 42.6 Å². The Kier molecular flexibility index (Phi) is 6.16. The Hall–Kier alpha value is -3.52. The van der Waals surface area contributed by atoms with E-state index < -0.39 is 11.3 Å². The summed E-state index contributed by atoms with van der Waals surface area (Å²) in [6.45, 7) is 3.88. The first-order valence-electron chi connectivity index (χ1n) is 11.8. The van der Waals surface area contributed by atoms with Crippen molar-refractivity contribution in [3.63, 3.8) is 0 Å². The number of benzene rings is 2. The fourth-order valence-electron chi connectivity index (χ4n) is 4.67. The van der Waals surface area contributed by atoms with Gasteiger partial charge in [0.25, 0.3) is 0 Å². The third-order valence-corrected chi connectivity index (χ3v) is 7.26. The molecule has 36 heavy (non-hydrogen) atoms. The molecule has 0 aliphatic heterocycles. The molecule has 0 unspecified atom stereocenters. The highest BCUT2D eigenvalue weighted by Gasteiger charge is 2.65. The second-order valence-corrected chi connectivity index (χ2v) is 10.2. The predicted octanol–water partition coefficient (Wildman–Crippen LogP) is 5.19. The summed E-state index contributed by atoms with van der Waals surface area (Å²) in [7, 11) is 3.14. The Morgan fingerprint density at radius 3 is 2.33 bits per heavy atom. The zero-order chi connectivity index (χ0) is 25.6. The van der Waals surface area contributed by atoms with Crippen molar-refractivity contribution in [2.45, 2.75) is 32.7 Å². The van der Waals surface area contributed by atoms with E-state index in [0.29, 0.717) is 39.2 Å². The fourth-order valence-corrected chi connectivity index (χ4v) is 4.89. The number of pyridine rings is 1. The molecule has 8 nitrogen and oxygen atoms in total. The van der Waals surface area contributed by atoms with Gasteiger partial charge in [-0.15, -0.1) is 0 Å². The van der Waals surface area contributed by atoms with Crippen LogP contribution in [0.1, 0.15) is 26.7 Å². The van der Waals surface area contributed by atoms with Crippen LogP contribution in [0.3, 0.4) is 0 Å². The van der Waals surface area contributed by atoms with Crippen molar-refractivity contribution in [3.05, 3.63) is 47.6 Å². The average Bonchev–Trinajstić information content (AvgIpc) is 3.76. The molecule has 2 saturated carbocycles. The van der Waals surface area contributed by atoms with Gasteiger partial charge in [0.05, 0.1) is 42.3 Å². The Labute approximate surface area is 214 Å². The number of anilines is 1. The van der Waals surface area contributed by atoms with Crippen molar-refractivity contribution in [3.8, 4) is 23.0 Å². The number of hydrogen-bond donors (Lipinski definition) is 2. The number of aromatic nitrogens is 1. The SMILES string of the molecule is COc1cc2nccc(Oc3ccc(NC(=O)[C@H]4[C@@H](C(=O)NC5CC5)C4(C)C)c(Cl)c3)c2cc1OC. The molecule has 0 saturated heterocycles. The van der Waals surface area contributed by atoms with Crippen LogP contribution in [0.4, 0.5) is 5.69 Å². The number of fused-ring (bicyclic) bond motifs is 1. The van der Waals surface area contributed by atoms with Gasteiger partial charge in [-0.25, -0.2) is 0 Å². The Balaban J connectivity index is 1.31. The minimum Gasteiger partial charge on any atom is -0.493 e. The molecule has 188 valence electrons. The summed E-state index contributed by atoms with van der Waals surface area (Å²) in [6.07, 6.45) is 3.67. The number of nitrogens with one attached hydrogen (secondary N) is 2. The van der Waals surface area contributed by atoms with Crippen LogP contribution in [0.5, 0.6) is 23.0 Å². The third-order valence-electron chi connectivity index (χ3n) is 6.95. The average molecular weight is 510 g/mol. The van der Waals surface area contributed by atoms with Crippen LogP contribution in [0.2, 0.25) is 5.02 Å². The van der Waals surface area contributed by atoms with Gasteiger partial charge in [-0.2, -0.15) is 0 Å². The molecular weight excluding hydrogens is 482 g/mol. The van der Waals surface area contributed by atoms with Crippen molar-refractivity contribution < 1.29 is 23.8 Å². The molecule has 2 fully saturated rings. The maximum atomic E-state index is 13.0. The van der Waals surface area contributed by atoms with E-state index in [2.05, 4.69) is 15.6 Å². The molecule has 2 N–H and O–H groups in total. The standard InChI is InChI=1S/C27H28ClN3O5/c1-27(2)23(25(32)30-14-5-6-14)24(27)26(33)31-18-8-7-15(11-17(18)28)36-20-9-10-29-19-13-22(35-4)21(34-3)12-16(19)20/h7-14,23-24H,5-6H2,1-4H3,(H,30,32)(H,31,33)/t23-,24+/m0/s1. The van der Waals surface area contributed by atoms with Crippen molar-refractivity contribution in [1.29, 1.82) is 0 Å². The van der Waals surface area contributed by atoms with Gasteiger partial charge in [-0.05, 0) is 42.5 Å². The molecule has 1 aromatic heterocycles. The molecule has 1 heterocycles. The molecule has 0 bridgehead atoms. The van der Waals surface area contributed by atoms with E-state index in [0.717, 1.165) is 18.2 Å². The Bertz CT molecular complexity index is 1350. The zero-order valence-electron chi connectivity index (χ0n) is 20.6. The molecule has 0 spiro atoms. The summed E-state index contributed by atoms with van der Waals surface area (Å²) in [5.41, 5.74) is 0.751. The zero-order valence-corrected chi connectivity index (χ0v) is 21.3. The minimum absolute atomic E-state index is 0.0451. The molecule has 2 aliphatic carbocycles. The number of carbonyl (C=O) groups is 2. The van der Waals surface area contributed by atoms with Crippen molar-refractivity contribution in [1.82, 2.24) is 10.3 Å². The second kappa shape index (κ2) is 9.17. The lowest BCUT2D eigenvalue weighted by atomic mass is 10.1. The summed E-state index contributed by atoms with van der Waals surface area (Å²) >= 11 is 6.49. The number of halogens is 1. The molecule has 2 aromatic carbocycles. The molecule has 2 atom stereocenters. The van der Waals surface area contributed by atoms with Gasteiger partial charge in [0.1, 0.15) is 11.5 Å². The third kappa shape index (κ3) is 4.53. The highest BCUT2D eigenvalue weighted by Crippen LogP contribution is 2.59. The summed E-state index contributed by atoms with van der Waals surface area (Å²) in [4.78, 5) is 29.9. The highest BCUT2D eigenvalue weighted by atomic mass is 35.5. The first-order chi connectivity index (χ1) is 17.2. The van der Waals surface area contributed by atoms with Gasteiger partial charge < -0.3 is 24.8 Å². The summed E-state index contributed by atoms with van der Waals surface area (Å²) in [5, 5.41) is 6.97. The fraction of sp³-hybridized carbons (Fsp3) is 0.370. The molecule has 2 amide bonds. The van der Waals surface area contributed by atoms with Crippen LogP contribution in [0.25, 0.3) is 10.9 Å². The summed E-state index contributed by atoms with van der Waals surface area (Å²) in [5.74, 6) is 1.19. The number of ether oxygens (including phenoxy) is 3. The van der Waals surface area contributed by atoms with E-state index >= 15 is 0 Å². The van der Waals surface area contributed by atoms with Gasteiger partial charge >= 0.3 is 0 Å². The number of rotatable bonds is 8. The molecule has 5 rings (SSSR count). The molecule has 0 radical (unpaired) electrons. The highest BCUT2D eigenvalue weighted by molar-refractivity contribution is 6.34. The van der Waals surface area contributed by atoms with Crippen LogP contribution < -0.4 is 24.8 Å². The van der Waals surface area contributed by atoms with E-state index in [1.165, 1.54) is 0 Å². The molecular formula is C27H28ClN3O5. The van der Waals surface area contributed by atoms with Gasteiger partial charge in [0, 0.05) is 29.8 Å². The van der Waals surface area contributed by atoms with E-state index in [-0.39, 0.29) is 23.8 Å². The monoisotopic (exact) mass is 509 g/mol. The van der Waals surface area contributed by atoms with E-state index in [1.54, 1.807) is 56.8 Å². The normalized spacial score (nSPS) is 19.9. The number of amides is 2. The molecule has 9 heteroatoms. The maximum absolute atomic E-state index is 13.0. The smallest absolute Gasteiger partial charge is 0.228 e. The quantitative estimate of drug-likeness (QED) is 0.433. The van der Waals surface area contributed by atoms with E-state index in [1.807, 2.05) is 13.8 Å². The van der Waals surface area contributed by atoms with E-state index in [9.17, 15) is 9.59 Å². The topological polar surface area (TPSA) is 98.8 Å². The first kappa shape index (κ1) is 24.2. The van der Waals surface area contributed by atoms with Crippen LogP contribution in [-0.2, 0) is 9.59 Å². The van der Waals surface area contributed by atoms with Crippen molar-refractivity contribution in [2.75, 3.05) is 19.5 Å². The number of nitrogens with zero attached hydrogens (tertiary/aromatic N) is 1. The lowest BCUT2D eigenvalue weighted by Gasteiger charge is -2.13. The maximum Gasteiger partial charge on any atom is 0.228 e. The predicted molar refractivity (Wildman–Crippen MR) is 137 cm³/mol. The Morgan fingerprint density at radius 2 is 1.67 bits per heavy atom.